The van der Waals surface area contributed by atoms with Gasteiger partial charge in [0.2, 0.25) is 0 Å². The minimum atomic E-state index is -0.0418. The number of hydrogen-bond acceptors (Lipinski definition) is 3. The molecule has 0 spiro atoms. The van der Waals surface area contributed by atoms with E-state index in [1.165, 1.54) is 5.56 Å². The summed E-state index contributed by atoms with van der Waals surface area (Å²) in [6.07, 6.45) is 3.69. The molecule has 0 bridgehead atoms. The number of ether oxygens (including phenoxy) is 1. The maximum absolute atomic E-state index is 6.01. The van der Waals surface area contributed by atoms with Crippen molar-refractivity contribution in [2.45, 2.75) is 46.4 Å². The zero-order valence-corrected chi connectivity index (χ0v) is 12.6. The molecule has 0 aliphatic carbocycles. The van der Waals surface area contributed by atoms with Gasteiger partial charge in [0.05, 0.1) is 18.2 Å². The van der Waals surface area contributed by atoms with E-state index in [2.05, 4.69) is 36.4 Å². The lowest BCUT2D eigenvalue weighted by atomic mass is 10.1. The third-order valence-electron chi connectivity index (χ3n) is 3.33. The molecular weight excluding hydrogens is 250 g/mol. The zero-order chi connectivity index (χ0) is 14.7. The quantitative estimate of drug-likeness (QED) is 0.908. The van der Waals surface area contributed by atoms with Gasteiger partial charge >= 0.3 is 0 Å². The number of imidazole rings is 1. The van der Waals surface area contributed by atoms with Crippen molar-refractivity contribution in [2.75, 3.05) is 0 Å². The first-order valence-electron chi connectivity index (χ1n) is 6.98. The van der Waals surface area contributed by atoms with Gasteiger partial charge in [-0.3, -0.25) is 0 Å². The molecule has 0 aliphatic rings. The van der Waals surface area contributed by atoms with Crippen LogP contribution >= 0.6 is 0 Å². The molecule has 0 radical (unpaired) electrons. The number of aryl methyl sites for hydroxylation is 1. The van der Waals surface area contributed by atoms with E-state index in [0.717, 1.165) is 17.0 Å². The predicted molar refractivity (Wildman–Crippen MR) is 80.7 cm³/mol. The fourth-order valence-electron chi connectivity index (χ4n) is 2.22. The van der Waals surface area contributed by atoms with Gasteiger partial charge in [-0.25, -0.2) is 4.98 Å². The van der Waals surface area contributed by atoms with E-state index in [9.17, 15) is 0 Å². The standard InChI is InChI=1S/C16H23N3O/c1-11(2)19-10-18-8-14(19)9-20-16-6-5-12(3)7-15(16)13(4)17/h5-8,10-11,13H,9,17H2,1-4H3/t13-/m1/s1. The molecule has 0 amide bonds. The fourth-order valence-corrected chi connectivity index (χ4v) is 2.22. The molecule has 2 aromatic rings. The van der Waals surface area contributed by atoms with Gasteiger partial charge in [-0.15, -0.1) is 0 Å². The number of benzene rings is 1. The van der Waals surface area contributed by atoms with Crippen molar-refractivity contribution in [1.82, 2.24) is 9.55 Å². The SMILES string of the molecule is Cc1ccc(OCc2cncn2C(C)C)c([C@@H](C)N)c1. The number of aromatic nitrogens is 2. The Hall–Kier alpha value is -1.81. The summed E-state index contributed by atoms with van der Waals surface area (Å²) in [7, 11) is 0. The van der Waals surface area contributed by atoms with E-state index >= 15 is 0 Å². The van der Waals surface area contributed by atoms with Crippen LogP contribution in [-0.4, -0.2) is 9.55 Å². The van der Waals surface area contributed by atoms with Gasteiger partial charge in [0.15, 0.2) is 0 Å². The summed E-state index contributed by atoms with van der Waals surface area (Å²) in [5, 5.41) is 0. The lowest BCUT2D eigenvalue weighted by Gasteiger charge is -2.16. The highest BCUT2D eigenvalue weighted by Crippen LogP contribution is 2.26. The molecular formula is C16H23N3O. The Labute approximate surface area is 120 Å². The van der Waals surface area contributed by atoms with Gasteiger partial charge in [-0.05, 0) is 33.8 Å². The first kappa shape index (κ1) is 14.6. The van der Waals surface area contributed by atoms with Gasteiger partial charge < -0.3 is 15.0 Å². The second kappa shape index (κ2) is 6.09. The molecule has 4 heteroatoms. The first-order valence-corrected chi connectivity index (χ1v) is 6.98. The molecule has 2 rings (SSSR count). The van der Waals surface area contributed by atoms with Gasteiger partial charge in [0, 0.05) is 17.6 Å². The van der Waals surface area contributed by atoms with Crippen molar-refractivity contribution < 1.29 is 4.74 Å². The van der Waals surface area contributed by atoms with Crippen LogP contribution in [0.4, 0.5) is 0 Å². The van der Waals surface area contributed by atoms with E-state index in [0.29, 0.717) is 12.6 Å². The van der Waals surface area contributed by atoms with Crippen LogP contribution < -0.4 is 10.5 Å². The third-order valence-corrected chi connectivity index (χ3v) is 3.33. The summed E-state index contributed by atoms with van der Waals surface area (Å²) in [6.45, 7) is 8.79. The maximum atomic E-state index is 6.01. The molecule has 4 nitrogen and oxygen atoms in total. The van der Waals surface area contributed by atoms with Crippen LogP contribution in [0.2, 0.25) is 0 Å². The number of rotatable bonds is 5. The Bertz CT molecular complexity index is 573. The first-order chi connectivity index (χ1) is 9.49. The minimum absolute atomic E-state index is 0.0418. The van der Waals surface area contributed by atoms with Crippen LogP contribution in [-0.2, 0) is 6.61 Å². The molecule has 1 aromatic heterocycles. The van der Waals surface area contributed by atoms with Crippen molar-refractivity contribution >= 4 is 0 Å². The van der Waals surface area contributed by atoms with E-state index in [1.54, 1.807) is 0 Å². The average Bonchev–Trinajstić information content (AvgIpc) is 2.85. The predicted octanol–water partition coefficient (Wildman–Crippen LogP) is 3.37. The Morgan fingerprint density at radius 1 is 1.30 bits per heavy atom. The number of nitrogens with two attached hydrogens (primary N) is 1. The summed E-state index contributed by atoms with van der Waals surface area (Å²) in [6, 6.07) is 6.45. The largest absolute Gasteiger partial charge is 0.487 e. The van der Waals surface area contributed by atoms with Gasteiger partial charge in [0.25, 0.3) is 0 Å². The van der Waals surface area contributed by atoms with Crippen molar-refractivity contribution in [1.29, 1.82) is 0 Å². The molecule has 20 heavy (non-hydrogen) atoms. The second-order valence-electron chi connectivity index (χ2n) is 5.50. The summed E-state index contributed by atoms with van der Waals surface area (Å²) < 4.78 is 8.06. The van der Waals surface area contributed by atoms with Crippen LogP contribution in [0.1, 0.15) is 49.7 Å². The highest BCUT2D eigenvalue weighted by Gasteiger charge is 2.11. The van der Waals surface area contributed by atoms with E-state index in [1.807, 2.05) is 31.6 Å². The third kappa shape index (κ3) is 3.20. The minimum Gasteiger partial charge on any atom is -0.487 e. The summed E-state index contributed by atoms with van der Waals surface area (Å²) in [5.74, 6) is 0.849. The lowest BCUT2D eigenvalue weighted by molar-refractivity contribution is 0.288. The zero-order valence-electron chi connectivity index (χ0n) is 12.6. The monoisotopic (exact) mass is 273 g/mol. The van der Waals surface area contributed by atoms with E-state index < -0.39 is 0 Å². The van der Waals surface area contributed by atoms with Gasteiger partial charge in [0.1, 0.15) is 12.4 Å². The average molecular weight is 273 g/mol. The van der Waals surface area contributed by atoms with E-state index in [4.69, 9.17) is 10.5 Å². The van der Waals surface area contributed by atoms with Crippen LogP contribution in [0.3, 0.4) is 0 Å². The summed E-state index contributed by atoms with van der Waals surface area (Å²) >= 11 is 0. The Kier molecular flexibility index (Phi) is 4.45. The van der Waals surface area contributed by atoms with Crippen molar-refractivity contribution in [3.63, 3.8) is 0 Å². The highest BCUT2D eigenvalue weighted by atomic mass is 16.5. The van der Waals surface area contributed by atoms with Crippen LogP contribution in [0, 0.1) is 6.92 Å². The van der Waals surface area contributed by atoms with Crippen LogP contribution in [0.15, 0.2) is 30.7 Å². The molecule has 2 N–H and O–H groups in total. The molecule has 0 saturated heterocycles. The smallest absolute Gasteiger partial charge is 0.130 e. The van der Waals surface area contributed by atoms with Crippen molar-refractivity contribution in [2.24, 2.45) is 5.73 Å². The van der Waals surface area contributed by atoms with Gasteiger partial charge in [-0.1, -0.05) is 17.7 Å². The van der Waals surface area contributed by atoms with Gasteiger partial charge in [-0.2, -0.15) is 0 Å². The molecule has 0 aliphatic heterocycles. The van der Waals surface area contributed by atoms with E-state index in [-0.39, 0.29) is 6.04 Å². The summed E-state index contributed by atoms with van der Waals surface area (Å²) in [5.41, 5.74) is 9.31. The number of hydrogen-bond donors (Lipinski definition) is 1. The Balaban J connectivity index is 2.17. The normalized spacial score (nSPS) is 12.7. The Morgan fingerprint density at radius 2 is 2.05 bits per heavy atom. The van der Waals surface area contributed by atoms with Crippen molar-refractivity contribution in [3.05, 3.63) is 47.5 Å². The van der Waals surface area contributed by atoms with Crippen molar-refractivity contribution in [3.8, 4) is 5.75 Å². The molecule has 0 unspecified atom stereocenters. The molecule has 1 heterocycles. The molecule has 1 atom stereocenters. The molecule has 1 aromatic carbocycles. The molecule has 0 saturated carbocycles. The number of nitrogens with zero attached hydrogens (tertiary/aromatic N) is 2. The Morgan fingerprint density at radius 3 is 2.70 bits per heavy atom. The van der Waals surface area contributed by atoms with Crippen LogP contribution in [0.25, 0.3) is 0 Å². The fraction of sp³-hybridized carbons (Fsp3) is 0.438. The topological polar surface area (TPSA) is 53.1 Å². The maximum Gasteiger partial charge on any atom is 0.130 e. The van der Waals surface area contributed by atoms with Crippen LogP contribution in [0.5, 0.6) is 5.75 Å². The molecule has 108 valence electrons. The summed E-state index contributed by atoms with van der Waals surface area (Å²) in [4.78, 5) is 4.19. The highest BCUT2D eigenvalue weighted by molar-refractivity contribution is 5.38. The lowest BCUT2D eigenvalue weighted by Crippen LogP contribution is -2.10. The second-order valence-corrected chi connectivity index (χ2v) is 5.50. The molecule has 0 fully saturated rings.